The monoisotopic (exact) mass is 188 g/mol. The molecule has 0 aromatic rings. The first-order valence-electron chi connectivity index (χ1n) is 4.62. The second kappa shape index (κ2) is 2.92. The molecule has 0 unspecified atom stereocenters. The molecule has 76 valence electrons. The van der Waals surface area contributed by atoms with Crippen LogP contribution in [0.25, 0.3) is 0 Å². The third-order valence-corrected chi connectivity index (χ3v) is 2.48. The maximum Gasteiger partial charge on any atom is 0.173 e. The van der Waals surface area contributed by atoms with E-state index in [0.29, 0.717) is 0 Å². The molecular formula is C9H16O4. The minimum Gasteiger partial charge on any atom is -0.323 e. The van der Waals surface area contributed by atoms with E-state index >= 15 is 0 Å². The van der Waals surface area contributed by atoms with Crippen LogP contribution in [0, 0.1) is 5.41 Å². The van der Waals surface area contributed by atoms with Gasteiger partial charge in [-0.05, 0) is 13.8 Å². The molecule has 0 bridgehead atoms. The molecular weight excluding hydrogens is 172 g/mol. The fourth-order valence-electron chi connectivity index (χ4n) is 1.53. The van der Waals surface area contributed by atoms with E-state index in [0.717, 1.165) is 0 Å². The summed E-state index contributed by atoms with van der Waals surface area (Å²) in [5, 5.41) is 0. The summed E-state index contributed by atoms with van der Waals surface area (Å²) in [6.07, 6.45) is -0.608. The highest BCUT2D eigenvalue weighted by atomic mass is 16.9. The third kappa shape index (κ3) is 1.48. The molecule has 0 saturated carbocycles. The molecule has 13 heavy (non-hydrogen) atoms. The lowest BCUT2D eigenvalue weighted by atomic mass is 9.90. The van der Waals surface area contributed by atoms with Crippen molar-refractivity contribution >= 4 is 0 Å². The first-order valence-corrected chi connectivity index (χ1v) is 4.62. The zero-order valence-corrected chi connectivity index (χ0v) is 8.44. The minimum absolute atomic E-state index is 0.0956. The summed E-state index contributed by atoms with van der Waals surface area (Å²) in [4.78, 5) is 0. The summed E-state index contributed by atoms with van der Waals surface area (Å²) in [7, 11) is 0. The Morgan fingerprint density at radius 3 is 1.31 bits per heavy atom. The van der Waals surface area contributed by atoms with Gasteiger partial charge in [-0.25, -0.2) is 0 Å². The van der Waals surface area contributed by atoms with Crippen molar-refractivity contribution in [2.45, 2.75) is 52.9 Å². The van der Waals surface area contributed by atoms with Gasteiger partial charge < -0.3 is 18.9 Å². The predicted molar refractivity (Wildman–Crippen MR) is 44.6 cm³/mol. The van der Waals surface area contributed by atoms with Crippen molar-refractivity contribution < 1.29 is 18.9 Å². The molecule has 0 aromatic heterocycles. The van der Waals surface area contributed by atoms with E-state index < -0.39 is 0 Å². The van der Waals surface area contributed by atoms with E-state index in [4.69, 9.17) is 18.9 Å². The second-order valence-corrected chi connectivity index (χ2v) is 4.16. The van der Waals surface area contributed by atoms with Crippen molar-refractivity contribution in [3.05, 3.63) is 0 Å². The molecule has 2 heterocycles. The van der Waals surface area contributed by atoms with Gasteiger partial charge in [-0.1, -0.05) is 13.8 Å². The molecule has 4 nitrogen and oxygen atoms in total. The molecule has 2 fully saturated rings. The highest BCUT2D eigenvalue weighted by Gasteiger charge is 2.51. The van der Waals surface area contributed by atoms with Gasteiger partial charge in [0.25, 0.3) is 0 Å². The molecule has 0 radical (unpaired) electrons. The molecule has 0 N–H and O–H groups in total. The largest absolute Gasteiger partial charge is 0.323 e. The number of rotatable bonds is 2. The average molecular weight is 188 g/mol. The topological polar surface area (TPSA) is 36.9 Å². The zero-order valence-electron chi connectivity index (χ0n) is 8.44. The first kappa shape index (κ1) is 9.40. The van der Waals surface area contributed by atoms with Crippen LogP contribution in [0.4, 0.5) is 0 Å². The summed E-state index contributed by atoms with van der Waals surface area (Å²) in [6, 6.07) is 0. The number of ether oxygens (including phenoxy) is 4. The lowest BCUT2D eigenvalue weighted by Gasteiger charge is -2.50. The standard InChI is InChI=1S/C9H16O4/c1-5-10-7(11-5)9(3,4)8-12-6(2)13-8/h5-8H,1-4H3. The quantitative estimate of drug-likeness (QED) is 0.657. The van der Waals surface area contributed by atoms with Crippen LogP contribution >= 0.6 is 0 Å². The first-order chi connectivity index (χ1) is 6.00. The smallest absolute Gasteiger partial charge is 0.173 e. The van der Waals surface area contributed by atoms with Crippen LogP contribution < -0.4 is 0 Å². The fourth-order valence-corrected chi connectivity index (χ4v) is 1.53. The second-order valence-electron chi connectivity index (χ2n) is 4.16. The lowest BCUT2D eigenvalue weighted by Crippen LogP contribution is -2.59. The normalized spacial score (nSPS) is 45.2. The Balaban J connectivity index is 1.89. The predicted octanol–water partition coefficient (Wildman–Crippen LogP) is 1.45. The van der Waals surface area contributed by atoms with Crippen molar-refractivity contribution in [3.63, 3.8) is 0 Å². The van der Waals surface area contributed by atoms with Crippen molar-refractivity contribution in [2.24, 2.45) is 5.41 Å². The van der Waals surface area contributed by atoms with Crippen molar-refractivity contribution in [1.82, 2.24) is 0 Å². The Labute approximate surface area is 78.1 Å². The molecule has 0 aliphatic carbocycles. The van der Waals surface area contributed by atoms with E-state index in [9.17, 15) is 0 Å². The summed E-state index contributed by atoms with van der Waals surface area (Å²) >= 11 is 0. The van der Waals surface area contributed by atoms with Gasteiger partial charge in [-0.2, -0.15) is 0 Å². The Morgan fingerprint density at radius 1 is 0.769 bits per heavy atom. The van der Waals surface area contributed by atoms with Crippen molar-refractivity contribution in [2.75, 3.05) is 0 Å². The van der Waals surface area contributed by atoms with Crippen molar-refractivity contribution in [1.29, 1.82) is 0 Å². The molecule has 0 aromatic carbocycles. The Kier molecular flexibility index (Phi) is 2.11. The van der Waals surface area contributed by atoms with Gasteiger partial charge in [0.05, 0.1) is 5.41 Å². The van der Waals surface area contributed by atoms with Gasteiger partial charge in [0.1, 0.15) is 0 Å². The van der Waals surface area contributed by atoms with Crippen LogP contribution in [-0.4, -0.2) is 25.2 Å². The van der Waals surface area contributed by atoms with E-state index in [-0.39, 0.29) is 30.6 Å². The molecule has 0 atom stereocenters. The van der Waals surface area contributed by atoms with Crippen LogP contribution in [0.1, 0.15) is 27.7 Å². The highest BCUT2D eigenvalue weighted by molar-refractivity contribution is 4.83. The fraction of sp³-hybridized carbons (Fsp3) is 1.00. The van der Waals surface area contributed by atoms with Gasteiger partial charge in [0.15, 0.2) is 25.2 Å². The molecule has 4 heteroatoms. The van der Waals surface area contributed by atoms with Crippen LogP contribution in [0.5, 0.6) is 0 Å². The number of hydrogen-bond acceptors (Lipinski definition) is 4. The highest BCUT2D eigenvalue weighted by Crippen LogP contribution is 2.41. The molecule has 2 rings (SSSR count). The Bertz CT molecular complexity index is 172. The van der Waals surface area contributed by atoms with Crippen LogP contribution in [0.15, 0.2) is 0 Å². The molecule has 2 saturated heterocycles. The molecule has 2 aliphatic heterocycles. The number of hydrogen-bond donors (Lipinski definition) is 0. The van der Waals surface area contributed by atoms with E-state index in [1.165, 1.54) is 0 Å². The van der Waals surface area contributed by atoms with E-state index in [2.05, 4.69) is 0 Å². The maximum atomic E-state index is 5.41. The van der Waals surface area contributed by atoms with Gasteiger partial charge >= 0.3 is 0 Å². The zero-order chi connectivity index (χ0) is 9.64. The Morgan fingerprint density at radius 2 is 1.08 bits per heavy atom. The van der Waals surface area contributed by atoms with E-state index in [1.54, 1.807) is 0 Å². The van der Waals surface area contributed by atoms with Crippen LogP contribution in [-0.2, 0) is 18.9 Å². The van der Waals surface area contributed by atoms with Crippen LogP contribution in [0.2, 0.25) is 0 Å². The van der Waals surface area contributed by atoms with Gasteiger partial charge in [-0.15, -0.1) is 0 Å². The lowest BCUT2D eigenvalue weighted by molar-refractivity contribution is -0.474. The van der Waals surface area contributed by atoms with Gasteiger partial charge in [-0.3, -0.25) is 0 Å². The van der Waals surface area contributed by atoms with Crippen LogP contribution in [0.3, 0.4) is 0 Å². The summed E-state index contributed by atoms with van der Waals surface area (Å²) < 4.78 is 21.7. The summed E-state index contributed by atoms with van der Waals surface area (Å²) in [5.41, 5.74) is -0.237. The molecule has 2 aliphatic rings. The van der Waals surface area contributed by atoms with Gasteiger partial charge in [0, 0.05) is 0 Å². The summed E-state index contributed by atoms with van der Waals surface area (Å²) in [6.45, 7) is 7.77. The minimum atomic E-state index is -0.237. The Hall–Kier alpha value is -0.160. The molecule has 0 amide bonds. The summed E-state index contributed by atoms with van der Waals surface area (Å²) in [5.74, 6) is 0. The van der Waals surface area contributed by atoms with Crippen molar-refractivity contribution in [3.8, 4) is 0 Å². The molecule has 0 spiro atoms. The maximum absolute atomic E-state index is 5.41. The van der Waals surface area contributed by atoms with Gasteiger partial charge in [0.2, 0.25) is 0 Å². The average Bonchev–Trinajstić information content (AvgIpc) is 1.92. The third-order valence-electron chi connectivity index (χ3n) is 2.48. The van der Waals surface area contributed by atoms with E-state index in [1.807, 2.05) is 27.7 Å². The SMILES string of the molecule is CC1OC(C(C)(C)C2OC(C)O2)O1.